The minimum Gasteiger partial charge on any atom is -0.360 e. The smallest absolute Gasteiger partial charge is 0.264 e. The number of H-pyrrole nitrogens is 1. The Kier molecular flexibility index (Phi) is 3.02. The summed E-state index contributed by atoms with van der Waals surface area (Å²) in [6.45, 7) is 3.77. The fraction of sp³-hybridized carbons (Fsp3) is 0.214. The van der Waals surface area contributed by atoms with Crippen molar-refractivity contribution in [1.82, 2.24) is 14.8 Å². The highest BCUT2D eigenvalue weighted by Crippen LogP contribution is 2.26. The summed E-state index contributed by atoms with van der Waals surface area (Å²) in [7, 11) is -1.89. The number of sulfonamides is 1. The van der Waals surface area contributed by atoms with Gasteiger partial charge in [-0.3, -0.25) is 9.40 Å². The van der Waals surface area contributed by atoms with Gasteiger partial charge in [0.25, 0.3) is 10.0 Å². The van der Waals surface area contributed by atoms with Crippen LogP contribution in [0.3, 0.4) is 0 Å². The maximum atomic E-state index is 12.6. The standard InChI is InChI=1S/C14H16N4O2S/c1-9-4-5-11-12(6-9)15-8-14(11)21(19,20)17-13-7-16-18(3)10(13)2/h4-8,15,17H,1-3H3. The molecule has 7 heteroatoms. The van der Waals surface area contributed by atoms with E-state index < -0.39 is 10.0 Å². The second-order valence-electron chi connectivity index (χ2n) is 5.07. The van der Waals surface area contributed by atoms with Crippen LogP contribution >= 0.6 is 0 Å². The maximum Gasteiger partial charge on any atom is 0.264 e. The van der Waals surface area contributed by atoms with Crippen molar-refractivity contribution in [3.05, 3.63) is 41.9 Å². The van der Waals surface area contributed by atoms with Crippen LogP contribution in [0.4, 0.5) is 5.69 Å². The Balaban J connectivity index is 2.06. The lowest BCUT2D eigenvalue weighted by Crippen LogP contribution is -2.13. The summed E-state index contributed by atoms with van der Waals surface area (Å²) in [5, 5.41) is 4.71. The Morgan fingerprint density at radius 1 is 1.29 bits per heavy atom. The molecule has 0 atom stereocenters. The average molecular weight is 304 g/mol. The summed E-state index contributed by atoms with van der Waals surface area (Å²) in [5.74, 6) is 0. The predicted octanol–water partition coefficient (Wildman–Crippen LogP) is 2.32. The monoisotopic (exact) mass is 304 g/mol. The first-order valence-electron chi connectivity index (χ1n) is 6.47. The van der Waals surface area contributed by atoms with E-state index in [4.69, 9.17) is 0 Å². The van der Waals surface area contributed by atoms with Crippen LogP contribution in [0.25, 0.3) is 10.9 Å². The van der Waals surface area contributed by atoms with Gasteiger partial charge in [0, 0.05) is 24.1 Å². The number of aromatic amines is 1. The molecule has 3 rings (SSSR count). The van der Waals surface area contributed by atoms with Crippen molar-refractivity contribution in [1.29, 1.82) is 0 Å². The molecule has 21 heavy (non-hydrogen) atoms. The van der Waals surface area contributed by atoms with Crippen LogP contribution in [-0.4, -0.2) is 23.2 Å². The number of rotatable bonds is 3. The molecule has 0 radical (unpaired) electrons. The predicted molar refractivity (Wildman–Crippen MR) is 81.8 cm³/mol. The molecule has 0 aliphatic heterocycles. The average Bonchev–Trinajstić information content (AvgIpc) is 2.97. The van der Waals surface area contributed by atoms with Gasteiger partial charge in [0.05, 0.1) is 17.6 Å². The lowest BCUT2D eigenvalue weighted by molar-refractivity contribution is 0.602. The molecule has 0 aliphatic rings. The normalized spacial score (nSPS) is 12.0. The number of benzene rings is 1. The quantitative estimate of drug-likeness (QED) is 0.779. The zero-order valence-corrected chi connectivity index (χ0v) is 12.8. The SMILES string of the molecule is Cc1ccc2c(S(=O)(=O)Nc3cnn(C)c3C)c[nH]c2c1. The molecule has 2 heterocycles. The van der Waals surface area contributed by atoms with Crippen LogP contribution in [0, 0.1) is 13.8 Å². The van der Waals surface area contributed by atoms with Crippen LogP contribution in [0.15, 0.2) is 35.5 Å². The van der Waals surface area contributed by atoms with Gasteiger partial charge < -0.3 is 4.98 Å². The molecule has 0 saturated heterocycles. The van der Waals surface area contributed by atoms with Crippen molar-refractivity contribution in [2.45, 2.75) is 18.7 Å². The number of aromatic nitrogens is 3. The topological polar surface area (TPSA) is 79.8 Å². The Morgan fingerprint density at radius 2 is 2.05 bits per heavy atom. The molecule has 6 nitrogen and oxygen atoms in total. The van der Waals surface area contributed by atoms with Crippen molar-refractivity contribution in [2.75, 3.05) is 4.72 Å². The van der Waals surface area contributed by atoms with Crippen molar-refractivity contribution < 1.29 is 8.42 Å². The number of aryl methyl sites for hydroxylation is 2. The molecule has 0 amide bonds. The molecule has 110 valence electrons. The molecular weight excluding hydrogens is 288 g/mol. The zero-order chi connectivity index (χ0) is 15.2. The van der Waals surface area contributed by atoms with Crippen molar-refractivity contribution in [2.24, 2.45) is 7.05 Å². The first kappa shape index (κ1) is 13.7. The number of hydrogen-bond donors (Lipinski definition) is 2. The van der Waals surface area contributed by atoms with Crippen LogP contribution in [0.2, 0.25) is 0 Å². The van der Waals surface area contributed by atoms with E-state index in [2.05, 4.69) is 14.8 Å². The number of nitrogens with one attached hydrogen (secondary N) is 2. The minimum absolute atomic E-state index is 0.237. The van der Waals surface area contributed by atoms with Crippen molar-refractivity contribution >= 4 is 26.6 Å². The Labute approximate surface area is 122 Å². The summed E-state index contributed by atoms with van der Waals surface area (Å²) in [6, 6.07) is 5.63. The van der Waals surface area contributed by atoms with Gasteiger partial charge in [-0.05, 0) is 25.5 Å². The molecular formula is C14H16N4O2S. The van der Waals surface area contributed by atoms with E-state index in [1.54, 1.807) is 11.7 Å². The fourth-order valence-electron chi connectivity index (χ4n) is 2.23. The van der Waals surface area contributed by atoms with Crippen LogP contribution in [0.1, 0.15) is 11.3 Å². The van der Waals surface area contributed by atoms with Gasteiger partial charge >= 0.3 is 0 Å². The highest BCUT2D eigenvalue weighted by Gasteiger charge is 2.20. The Bertz CT molecular complexity index is 922. The highest BCUT2D eigenvalue weighted by molar-refractivity contribution is 7.93. The summed E-state index contributed by atoms with van der Waals surface area (Å²) >= 11 is 0. The first-order valence-corrected chi connectivity index (χ1v) is 7.96. The number of anilines is 1. The van der Waals surface area contributed by atoms with E-state index in [0.717, 1.165) is 16.8 Å². The maximum absolute atomic E-state index is 12.6. The molecule has 0 spiro atoms. The van der Waals surface area contributed by atoms with Gasteiger partial charge in [-0.2, -0.15) is 5.10 Å². The van der Waals surface area contributed by atoms with Gasteiger partial charge in [0.2, 0.25) is 0 Å². The number of hydrogen-bond acceptors (Lipinski definition) is 3. The third kappa shape index (κ3) is 2.29. The summed E-state index contributed by atoms with van der Waals surface area (Å²) in [4.78, 5) is 3.24. The molecule has 0 aliphatic carbocycles. The van der Waals surface area contributed by atoms with Crippen molar-refractivity contribution in [3.63, 3.8) is 0 Å². The largest absolute Gasteiger partial charge is 0.360 e. The third-order valence-electron chi connectivity index (χ3n) is 3.57. The summed E-state index contributed by atoms with van der Waals surface area (Å²) < 4.78 is 29.3. The Hall–Kier alpha value is -2.28. The molecule has 2 N–H and O–H groups in total. The second kappa shape index (κ2) is 4.63. The van der Waals surface area contributed by atoms with Gasteiger partial charge in [-0.1, -0.05) is 12.1 Å². The van der Waals surface area contributed by atoms with Gasteiger partial charge in [0.15, 0.2) is 0 Å². The van der Waals surface area contributed by atoms with E-state index in [1.165, 1.54) is 12.4 Å². The zero-order valence-electron chi connectivity index (χ0n) is 12.0. The van der Waals surface area contributed by atoms with Gasteiger partial charge in [0.1, 0.15) is 4.90 Å². The minimum atomic E-state index is -3.65. The summed E-state index contributed by atoms with van der Waals surface area (Å²) in [5.41, 5.74) is 3.12. The highest BCUT2D eigenvalue weighted by atomic mass is 32.2. The lowest BCUT2D eigenvalue weighted by atomic mass is 10.2. The van der Waals surface area contributed by atoms with E-state index in [9.17, 15) is 8.42 Å². The van der Waals surface area contributed by atoms with E-state index >= 15 is 0 Å². The van der Waals surface area contributed by atoms with Crippen LogP contribution in [0.5, 0.6) is 0 Å². The van der Waals surface area contributed by atoms with Gasteiger partial charge in [-0.15, -0.1) is 0 Å². The second-order valence-corrected chi connectivity index (χ2v) is 6.73. The lowest BCUT2D eigenvalue weighted by Gasteiger charge is -2.06. The molecule has 3 aromatic rings. The van der Waals surface area contributed by atoms with E-state index in [-0.39, 0.29) is 4.90 Å². The van der Waals surface area contributed by atoms with Gasteiger partial charge in [-0.25, -0.2) is 8.42 Å². The molecule has 0 unspecified atom stereocenters. The Morgan fingerprint density at radius 3 is 2.71 bits per heavy atom. The summed E-state index contributed by atoms with van der Waals surface area (Å²) in [6.07, 6.45) is 3.02. The van der Waals surface area contributed by atoms with E-state index in [0.29, 0.717) is 11.1 Å². The third-order valence-corrected chi connectivity index (χ3v) is 4.97. The van der Waals surface area contributed by atoms with E-state index in [1.807, 2.05) is 32.0 Å². The number of nitrogens with zero attached hydrogens (tertiary/aromatic N) is 2. The molecule has 2 aromatic heterocycles. The molecule has 0 bridgehead atoms. The first-order chi connectivity index (χ1) is 9.88. The molecule has 0 saturated carbocycles. The van der Waals surface area contributed by atoms with Crippen LogP contribution < -0.4 is 4.72 Å². The fourth-order valence-corrected chi connectivity index (χ4v) is 3.52. The molecule has 0 fully saturated rings. The van der Waals surface area contributed by atoms with Crippen molar-refractivity contribution in [3.8, 4) is 0 Å². The molecule has 1 aromatic carbocycles. The number of fused-ring (bicyclic) bond motifs is 1. The van der Waals surface area contributed by atoms with Crippen LogP contribution in [-0.2, 0) is 17.1 Å².